The van der Waals surface area contributed by atoms with Crippen LogP contribution < -0.4 is 5.32 Å². The van der Waals surface area contributed by atoms with Gasteiger partial charge in [-0.05, 0) is 37.5 Å². The summed E-state index contributed by atoms with van der Waals surface area (Å²) in [5, 5.41) is 3.30. The molecule has 0 spiro atoms. The molecule has 0 bridgehead atoms. The SMILES string of the molecule is Cc1ccc([C@@H](CN2CCOCC2)NC(=O)C2CCN(C(=O)c3ccco3)CC2)cc1. The number of likely N-dealkylation sites (tertiary alicyclic amines) is 1. The van der Waals surface area contributed by atoms with Crippen LogP contribution >= 0.6 is 0 Å². The van der Waals surface area contributed by atoms with Crippen molar-refractivity contribution in [2.24, 2.45) is 5.92 Å². The zero-order chi connectivity index (χ0) is 21.6. The summed E-state index contributed by atoms with van der Waals surface area (Å²) >= 11 is 0. The number of aryl methyl sites for hydroxylation is 1. The molecule has 166 valence electrons. The second kappa shape index (κ2) is 10.1. The van der Waals surface area contributed by atoms with E-state index in [1.54, 1.807) is 17.0 Å². The summed E-state index contributed by atoms with van der Waals surface area (Å²) in [5.41, 5.74) is 2.32. The van der Waals surface area contributed by atoms with Crippen LogP contribution in [0.2, 0.25) is 0 Å². The largest absolute Gasteiger partial charge is 0.459 e. The fourth-order valence-electron chi connectivity index (χ4n) is 4.27. The summed E-state index contributed by atoms with van der Waals surface area (Å²) in [6.45, 7) is 7.20. The third-order valence-corrected chi connectivity index (χ3v) is 6.23. The van der Waals surface area contributed by atoms with Crippen LogP contribution in [0.25, 0.3) is 0 Å². The highest BCUT2D eigenvalue weighted by Gasteiger charge is 2.30. The molecule has 2 fully saturated rings. The van der Waals surface area contributed by atoms with Gasteiger partial charge in [0.1, 0.15) is 0 Å². The van der Waals surface area contributed by atoms with Crippen LogP contribution in [0.4, 0.5) is 0 Å². The molecule has 0 aliphatic carbocycles. The predicted octanol–water partition coefficient (Wildman–Crippen LogP) is 2.63. The third kappa shape index (κ3) is 5.54. The first-order valence-electron chi connectivity index (χ1n) is 11.1. The Bertz CT molecular complexity index is 851. The zero-order valence-corrected chi connectivity index (χ0v) is 18.1. The number of nitrogens with one attached hydrogen (secondary N) is 1. The Balaban J connectivity index is 1.36. The summed E-state index contributed by atoms with van der Waals surface area (Å²) in [7, 11) is 0. The van der Waals surface area contributed by atoms with Gasteiger partial charge in [-0.25, -0.2) is 0 Å². The number of benzene rings is 1. The maximum absolute atomic E-state index is 13.1. The normalized spacial score (nSPS) is 19.2. The molecule has 1 aromatic heterocycles. The van der Waals surface area contributed by atoms with Crippen LogP contribution in [0.5, 0.6) is 0 Å². The molecule has 31 heavy (non-hydrogen) atoms. The van der Waals surface area contributed by atoms with Crippen molar-refractivity contribution in [2.75, 3.05) is 45.9 Å². The Hall–Kier alpha value is -2.64. The van der Waals surface area contributed by atoms with Gasteiger partial charge in [-0.3, -0.25) is 14.5 Å². The number of carbonyl (C=O) groups is 2. The maximum Gasteiger partial charge on any atom is 0.289 e. The first kappa shape index (κ1) is 21.6. The van der Waals surface area contributed by atoms with Gasteiger partial charge in [0.15, 0.2) is 5.76 Å². The average Bonchev–Trinajstić information content (AvgIpc) is 3.34. The topological polar surface area (TPSA) is 75.0 Å². The highest BCUT2D eigenvalue weighted by Crippen LogP contribution is 2.22. The van der Waals surface area contributed by atoms with Crippen molar-refractivity contribution in [1.82, 2.24) is 15.1 Å². The third-order valence-electron chi connectivity index (χ3n) is 6.23. The lowest BCUT2D eigenvalue weighted by Crippen LogP contribution is -2.46. The molecule has 0 radical (unpaired) electrons. The van der Waals surface area contributed by atoms with Gasteiger partial charge in [0.2, 0.25) is 5.91 Å². The van der Waals surface area contributed by atoms with Gasteiger partial charge < -0.3 is 19.4 Å². The van der Waals surface area contributed by atoms with E-state index >= 15 is 0 Å². The van der Waals surface area contributed by atoms with Crippen molar-refractivity contribution in [3.63, 3.8) is 0 Å². The fourth-order valence-corrected chi connectivity index (χ4v) is 4.27. The molecule has 1 N–H and O–H groups in total. The van der Waals surface area contributed by atoms with Gasteiger partial charge in [0, 0.05) is 38.6 Å². The molecular weight excluding hydrogens is 394 g/mol. The number of furan rings is 1. The van der Waals surface area contributed by atoms with Gasteiger partial charge in [0.25, 0.3) is 5.91 Å². The number of amides is 2. The van der Waals surface area contributed by atoms with E-state index in [1.807, 2.05) is 0 Å². The molecule has 1 aromatic carbocycles. The van der Waals surface area contributed by atoms with E-state index in [-0.39, 0.29) is 23.8 Å². The van der Waals surface area contributed by atoms with Crippen molar-refractivity contribution >= 4 is 11.8 Å². The summed E-state index contributed by atoms with van der Waals surface area (Å²) in [5.74, 6) is 0.240. The van der Waals surface area contributed by atoms with E-state index in [4.69, 9.17) is 9.15 Å². The van der Waals surface area contributed by atoms with E-state index in [0.717, 1.165) is 38.4 Å². The van der Waals surface area contributed by atoms with E-state index in [9.17, 15) is 9.59 Å². The van der Waals surface area contributed by atoms with Crippen molar-refractivity contribution in [3.05, 3.63) is 59.5 Å². The molecule has 2 aromatic rings. The van der Waals surface area contributed by atoms with Crippen LogP contribution in [0.1, 0.15) is 40.6 Å². The van der Waals surface area contributed by atoms with Crippen molar-refractivity contribution in [3.8, 4) is 0 Å². The van der Waals surface area contributed by atoms with E-state index < -0.39 is 0 Å². The lowest BCUT2D eigenvalue weighted by Gasteiger charge is -2.34. The number of ether oxygens (including phenoxy) is 1. The summed E-state index contributed by atoms with van der Waals surface area (Å²) < 4.78 is 10.7. The molecule has 7 nitrogen and oxygen atoms in total. The minimum Gasteiger partial charge on any atom is -0.459 e. The predicted molar refractivity (Wildman–Crippen MR) is 117 cm³/mol. The second-order valence-corrected chi connectivity index (χ2v) is 8.43. The summed E-state index contributed by atoms with van der Waals surface area (Å²) in [6, 6.07) is 11.7. The molecule has 2 aliphatic rings. The van der Waals surface area contributed by atoms with Crippen molar-refractivity contribution in [2.45, 2.75) is 25.8 Å². The van der Waals surface area contributed by atoms with E-state index in [2.05, 4.69) is 41.4 Å². The number of carbonyl (C=O) groups excluding carboxylic acids is 2. The Morgan fingerprint density at radius 1 is 1.06 bits per heavy atom. The Morgan fingerprint density at radius 3 is 2.42 bits per heavy atom. The van der Waals surface area contributed by atoms with Gasteiger partial charge >= 0.3 is 0 Å². The quantitative estimate of drug-likeness (QED) is 0.770. The van der Waals surface area contributed by atoms with Crippen LogP contribution in [-0.4, -0.2) is 67.6 Å². The van der Waals surface area contributed by atoms with Crippen LogP contribution in [-0.2, 0) is 9.53 Å². The minimum atomic E-state index is -0.103. The van der Waals surface area contributed by atoms with Gasteiger partial charge in [-0.1, -0.05) is 29.8 Å². The monoisotopic (exact) mass is 425 g/mol. The molecule has 2 amide bonds. The molecule has 0 unspecified atom stereocenters. The first-order valence-corrected chi connectivity index (χ1v) is 11.1. The standard InChI is InChI=1S/C24H31N3O4/c1-18-4-6-19(7-5-18)21(17-26-12-15-30-16-13-26)25-23(28)20-8-10-27(11-9-20)24(29)22-3-2-14-31-22/h2-7,14,20-21H,8-13,15-17H2,1H3,(H,25,28)/t21-/m1/s1. The highest BCUT2D eigenvalue weighted by atomic mass is 16.5. The van der Waals surface area contributed by atoms with E-state index in [1.165, 1.54) is 11.8 Å². The Labute approximate surface area is 183 Å². The average molecular weight is 426 g/mol. The molecule has 2 aliphatic heterocycles. The van der Waals surface area contributed by atoms with Crippen LogP contribution in [0.15, 0.2) is 47.1 Å². The smallest absolute Gasteiger partial charge is 0.289 e. The highest BCUT2D eigenvalue weighted by molar-refractivity contribution is 5.91. The molecule has 4 rings (SSSR count). The lowest BCUT2D eigenvalue weighted by molar-refractivity contribution is -0.127. The molecule has 2 saturated heterocycles. The summed E-state index contributed by atoms with van der Waals surface area (Å²) in [4.78, 5) is 29.7. The summed E-state index contributed by atoms with van der Waals surface area (Å²) in [6.07, 6.45) is 2.83. The lowest BCUT2D eigenvalue weighted by atomic mass is 9.94. The Morgan fingerprint density at radius 2 is 1.77 bits per heavy atom. The van der Waals surface area contributed by atoms with E-state index in [0.29, 0.717) is 31.7 Å². The number of hydrogen-bond acceptors (Lipinski definition) is 5. The zero-order valence-electron chi connectivity index (χ0n) is 18.1. The number of nitrogens with zero attached hydrogens (tertiary/aromatic N) is 2. The van der Waals surface area contributed by atoms with Gasteiger partial charge in [-0.2, -0.15) is 0 Å². The van der Waals surface area contributed by atoms with Crippen LogP contribution in [0.3, 0.4) is 0 Å². The fraction of sp³-hybridized carbons (Fsp3) is 0.500. The number of hydrogen-bond donors (Lipinski definition) is 1. The number of morpholine rings is 1. The molecule has 7 heteroatoms. The van der Waals surface area contributed by atoms with Crippen LogP contribution in [0, 0.1) is 12.8 Å². The van der Waals surface area contributed by atoms with Crippen molar-refractivity contribution < 1.29 is 18.7 Å². The Kier molecular flexibility index (Phi) is 7.04. The molecule has 3 heterocycles. The van der Waals surface area contributed by atoms with Gasteiger partial charge in [0.05, 0.1) is 25.5 Å². The maximum atomic E-state index is 13.1. The minimum absolute atomic E-state index is 0.0611. The van der Waals surface area contributed by atoms with Crippen molar-refractivity contribution in [1.29, 1.82) is 0 Å². The molecule has 1 atom stereocenters. The molecule has 0 saturated carbocycles. The number of piperidine rings is 1. The second-order valence-electron chi connectivity index (χ2n) is 8.43. The number of rotatable bonds is 6. The first-order chi connectivity index (χ1) is 15.1. The van der Waals surface area contributed by atoms with Gasteiger partial charge in [-0.15, -0.1) is 0 Å². The molecular formula is C24H31N3O4.